The fourth-order valence-electron chi connectivity index (χ4n) is 2.65. The van der Waals surface area contributed by atoms with Gasteiger partial charge in [-0.2, -0.15) is 0 Å². The van der Waals surface area contributed by atoms with E-state index in [0.29, 0.717) is 12.0 Å². The second-order valence-corrected chi connectivity index (χ2v) is 6.94. The summed E-state index contributed by atoms with van der Waals surface area (Å²) in [6, 6.07) is 7.02. The molecule has 0 atom stereocenters. The summed E-state index contributed by atoms with van der Waals surface area (Å²) in [7, 11) is 0. The molecular formula is C24H32O3. The number of phenolic OH excluding ortho intramolecular Hbond substituents is 1. The van der Waals surface area contributed by atoms with Gasteiger partial charge in [0.05, 0.1) is 11.7 Å². The Hall–Kier alpha value is -2.39. The van der Waals surface area contributed by atoms with Crippen molar-refractivity contribution in [2.24, 2.45) is 0 Å². The molecule has 3 nitrogen and oxygen atoms in total. The van der Waals surface area contributed by atoms with Crippen molar-refractivity contribution in [3.8, 4) is 29.4 Å². The van der Waals surface area contributed by atoms with Gasteiger partial charge < -0.3 is 9.84 Å². The van der Waals surface area contributed by atoms with E-state index in [1.54, 1.807) is 18.2 Å². The van der Waals surface area contributed by atoms with Crippen molar-refractivity contribution >= 4 is 5.97 Å². The number of rotatable bonds is 11. The van der Waals surface area contributed by atoms with Crippen LogP contribution < -0.4 is 0 Å². The first-order valence-electron chi connectivity index (χ1n) is 10.1. The lowest BCUT2D eigenvalue weighted by Crippen LogP contribution is -2.10. The molecule has 0 unspecified atom stereocenters. The Labute approximate surface area is 164 Å². The van der Waals surface area contributed by atoms with E-state index in [2.05, 4.69) is 23.7 Å². The zero-order valence-corrected chi connectivity index (χ0v) is 16.7. The Kier molecular flexibility index (Phi) is 12.4. The third-order valence-corrected chi connectivity index (χ3v) is 4.05. The van der Waals surface area contributed by atoms with E-state index in [0.717, 1.165) is 25.7 Å². The second kappa shape index (κ2) is 14.7. The average Bonchev–Trinajstić information content (AvgIpc) is 2.62. The fraction of sp³-hybridized carbons (Fsp3) is 0.542. The van der Waals surface area contributed by atoms with Crippen LogP contribution in [0.2, 0.25) is 0 Å². The van der Waals surface area contributed by atoms with Crippen molar-refractivity contribution in [2.75, 3.05) is 0 Å². The average molecular weight is 369 g/mol. The number of carbonyl (C=O) groups excluding carboxylic acids is 1. The number of benzene rings is 1. The van der Waals surface area contributed by atoms with Crippen LogP contribution in [0.5, 0.6) is 5.75 Å². The summed E-state index contributed by atoms with van der Waals surface area (Å²) in [6.45, 7) is 3.76. The lowest BCUT2D eigenvalue weighted by Gasteiger charge is -2.07. The minimum atomic E-state index is -0.0728. The van der Waals surface area contributed by atoms with E-state index in [1.165, 1.54) is 32.1 Å². The largest absolute Gasteiger partial charge is 0.507 e. The molecule has 0 aliphatic heterocycles. The molecule has 0 saturated carbocycles. The van der Waals surface area contributed by atoms with E-state index in [1.807, 2.05) is 19.9 Å². The number of esters is 1. The van der Waals surface area contributed by atoms with E-state index in [-0.39, 0.29) is 17.8 Å². The van der Waals surface area contributed by atoms with Crippen LogP contribution in [-0.2, 0) is 9.53 Å². The minimum absolute atomic E-state index is 0.00788. The highest BCUT2D eigenvalue weighted by Gasteiger charge is 2.04. The molecule has 1 aromatic rings. The number of para-hydroxylation sites is 1. The second-order valence-electron chi connectivity index (χ2n) is 6.94. The summed E-state index contributed by atoms with van der Waals surface area (Å²) in [5.74, 6) is 11.7. The van der Waals surface area contributed by atoms with Gasteiger partial charge in [0.2, 0.25) is 0 Å². The van der Waals surface area contributed by atoms with Gasteiger partial charge in [-0.05, 0) is 56.6 Å². The van der Waals surface area contributed by atoms with Crippen LogP contribution >= 0.6 is 0 Å². The molecule has 0 fully saturated rings. The topological polar surface area (TPSA) is 46.5 Å². The molecule has 1 aromatic carbocycles. The van der Waals surface area contributed by atoms with Crippen LogP contribution in [0.4, 0.5) is 0 Å². The standard InChI is InChI=1S/C24H32O3/c1-21(2)27-24(26)20-14-12-10-8-6-4-3-5-7-9-11-13-17-22-18-15-16-19-23(22)25/h15-16,18-19,21,25H,3-8,10,12,14,20H2,1-2H3. The van der Waals surface area contributed by atoms with Gasteiger partial charge in [-0.25, -0.2) is 0 Å². The van der Waals surface area contributed by atoms with Gasteiger partial charge in [-0.1, -0.05) is 56.6 Å². The SMILES string of the molecule is CC(C)OC(=O)CCCCCCCCCCC#CC#Cc1ccccc1O. The van der Waals surface area contributed by atoms with Crippen molar-refractivity contribution in [1.82, 2.24) is 0 Å². The molecule has 1 N–H and O–H groups in total. The molecule has 0 amide bonds. The summed E-state index contributed by atoms with van der Waals surface area (Å²) in [6.07, 6.45) is 10.7. The first-order chi connectivity index (χ1) is 13.1. The molecule has 0 aliphatic rings. The zero-order chi connectivity index (χ0) is 19.7. The molecule has 1 rings (SSSR count). The van der Waals surface area contributed by atoms with E-state index in [9.17, 15) is 9.90 Å². The molecule has 0 saturated heterocycles. The summed E-state index contributed by atoms with van der Waals surface area (Å²) in [5, 5.41) is 9.59. The molecular weight excluding hydrogens is 336 g/mol. The molecule has 146 valence electrons. The number of hydrogen-bond donors (Lipinski definition) is 1. The third kappa shape index (κ3) is 12.6. The first-order valence-corrected chi connectivity index (χ1v) is 10.1. The van der Waals surface area contributed by atoms with Gasteiger partial charge in [0.1, 0.15) is 5.75 Å². The summed E-state index contributed by atoms with van der Waals surface area (Å²) in [5.41, 5.74) is 0.614. The quantitative estimate of drug-likeness (QED) is 0.314. The van der Waals surface area contributed by atoms with Gasteiger partial charge in [0, 0.05) is 12.8 Å². The van der Waals surface area contributed by atoms with Gasteiger partial charge in [-0.3, -0.25) is 4.79 Å². The number of aromatic hydroxyl groups is 1. The number of phenols is 1. The molecule has 0 aliphatic carbocycles. The van der Waals surface area contributed by atoms with Gasteiger partial charge in [0.15, 0.2) is 0 Å². The first kappa shape index (κ1) is 22.7. The predicted octanol–water partition coefficient (Wildman–Crippen LogP) is 5.60. The highest BCUT2D eigenvalue weighted by atomic mass is 16.5. The Morgan fingerprint density at radius 1 is 0.963 bits per heavy atom. The van der Waals surface area contributed by atoms with Crippen LogP contribution in [0.15, 0.2) is 24.3 Å². The predicted molar refractivity (Wildman–Crippen MR) is 110 cm³/mol. The van der Waals surface area contributed by atoms with Crippen LogP contribution in [0.3, 0.4) is 0 Å². The molecule has 27 heavy (non-hydrogen) atoms. The summed E-state index contributed by atoms with van der Waals surface area (Å²) >= 11 is 0. The Balaban J connectivity index is 1.94. The molecule has 0 spiro atoms. The van der Waals surface area contributed by atoms with Crippen LogP contribution in [0.25, 0.3) is 0 Å². The highest BCUT2D eigenvalue weighted by Crippen LogP contribution is 2.13. The molecule has 0 radical (unpaired) electrons. The van der Waals surface area contributed by atoms with Gasteiger partial charge in [-0.15, -0.1) is 0 Å². The normalized spacial score (nSPS) is 9.89. The molecule has 0 heterocycles. The van der Waals surface area contributed by atoms with Crippen molar-refractivity contribution in [3.05, 3.63) is 29.8 Å². The highest BCUT2D eigenvalue weighted by molar-refractivity contribution is 5.69. The summed E-state index contributed by atoms with van der Waals surface area (Å²) in [4.78, 5) is 11.4. The number of unbranched alkanes of at least 4 members (excludes halogenated alkanes) is 8. The van der Waals surface area contributed by atoms with Crippen molar-refractivity contribution in [2.45, 2.75) is 84.2 Å². The van der Waals surface area contributed by atoms with Crippen molar-refractivity contribution in [3.63, 3.8) is 0 Å². The van der Waals surface area contributed by atoms with Crippen LogP contribution in [0, 0.1) is 23.7 Å². The van der Waals surface area contributed by atoms with Crippen LogP contribution in [-0.4, -0.2) is 17.2 Å². The molecule has 3 heteroatoms. The van der Waals surface area contributed by atoms with Crippen molar-refractivity contribution in [1.29, 1.82) is 0 Å². The zero-order valence-electron chi connectivity index (χ0n) is 16.7. The van der Waals surface area contributed by atoms with Crippen molar-refractivity contribution < 1.29 is 14.6 Å². The smallest absolute Gasteiger partial charge is 0.306 e. The van der Waals surface area contributed by atoms with Gasteiger partial charge in [0.25, 0.3) is 0 Å². The third-order valence-electron chi connectivity index (χ3n) is 4.05. The lowest BCUT2D eigenvalue weighted by molar-refractivity contribution is -0.147. The maximum Gasteiger partial charge on any atom is 0.306 e. The maximum atomic E-state index is 11.4. The number of hydrogen-bond acceptors (Lipinski definition) is 3. The van der Waals surface area contributed by atoms with Crippen LogP contribution in [0.1, 0.15) is 83.6 Å². The minimum Gasteiger partial charge on any atom is -0.507 e. The van der Waals surface area contributed by atoms with Gasteiger partial charge >= 0.3 is 5.97 Å². The van der Waals surface area contributed by atoms with E-state index < -0.39 is 0 Å². The van der Waals surface area contributed by atoms with E-state index >= 15 is 0 Å². The Morgan fingerprint density at radius 2 is 1.59 bits per heavy atom. The Bertz CT molecular complexity index is 668. The Morgan fingerprint density at radius 3 is 2.26 bits per heavy atom. The number of ether oxygens (including phenoxy) is 1. The summed E-state index contributed by atoms with van der Waals surface area (Å²) < 4.78 is 5.12. The number of carbonyl (C=O) groups is 1. The fourth-order valence-corrected chi connectivity index (χ4v) is 2.65. The lowest BCUT2D eigenvalue weighted by atomic mass is 10.1. The molecule has 0 bridgehead atoms. The monoisotopic (exact) mass is 368 g/mol. The maximum absolute atomic E-state index is 11.4. The van der Waals surface area contributed by atoms with E-state index in [4.69, 9.17) is 4.74 Å². The molecule has 0 aromatic heterocycles.